The van der Waals surface area contributed by atoms with E-state index < -0.39 is 0 Å². The van der Waals surface area contributed by atoms with Gasteiger partial charge < -0.3 is 4.98 Å². The second-order valence-electron chi connectivity index (χ2n) is 3.95. The number of hydrogen-bond donors (Lipinski definition) is 2. The molecule has 0 atom stereocenters. The van der Waals surface area contributed by atoms with E-state index in [9.17, 15) is 4.79 Å². The summed E-state index contributed by atoms with van der Waals surface area (Å²) in [5.41, 5.74) is 0.616. The van der Waals surface area contributed by atoms with Crippen LogP contribution in [0.5, 0.6) is 0 Å². The molecule has 1 amide bonds. The maximum Gasteiger partial charge on any atom is 0.257 e. The number of imidazole rings is 1. The van der Waals surface area contributed by atoms with Crippen molar-refractivity contribution in [2.45, 2.75) is 0 Å². The van der Waals surface area contributed by atoms with Crippen LogP contribution in [0.2, 0.25) is 0 Å². The summed E-state index contributed by atoms with van der Waals surface area (Å²) in [4.78, 5) is 18.8. The van der Waals surface area contributed by atoms with Gasteiger partial charge in [-0.05, 0) is 22.9 Å². The second-order valence-corrected chi connectivity index (χ2v) is 3.95. The van der Waals surface area contributed by atoms with Crippen LogP contribution in [0.1, 0.15) is 10.4 Å². The average Bonchev–Trinajstić information content (AvgIpc) is 2.91. The van der Waals surface area contributed by atoms with E-state index in [-0.39, 0.29) is 5.91 Å². The number of H-pyrrole nitrogens is 1. The van der Waals surface area contributed by atoms with Crippen molar-refractivity contribution in [2.75, 3.05) is 5.32 Å². The minimum atomic E-state index is -0.171. The fraction of sp³-hybridized carbons (Fsp3) is 0. The maximum absolute atomic E-state index is 12.0. The minimum absolute atomic E-state index is 0.171. The zero-order valence-corrected chi connectivity index (χ0v) is 9.55. The van der Waals surface area contributed by atoms with E-state index in [1.807, 2.05) is 36.4 Å². The molecule has 0 fully saturated rings. The van der Waals surface area contributed by atoms with E-state index in [0.29, 0.717) is 11.5 Å². The number of anilines is 1. The molecule has 2 N–H and O–H groups in total. The SMILES string of the molecule is O=C(Nc1ncc[nH]1)c1ccc2ccccc2c1. The number of carbonyl (C=O) groups is 1. The summed E-state index contributed by atoms with van der Waals surface area (Å²) in [6, 6.07) is 13.5. The molecule has 0 aliphatic heterocycles. The average molecular weight is 237 g/mol. The predicted octanol–water partition coefficient (Wildman–Crippen LogP) is 2.82. The lowest BCUT2D eigenvalue weighted by Gasteiger charge is -2.03. The Hall–Kier alpha value is -2.62. The van der Waals surface area contributed by atoms with Crippen molar-refractivity contribution in [1.82, 2.24) is 9.97 Å². The fourth-order valence-corrected chi connectivity index (χ4v) is 1.84. The number of amides is 1. The normalized spacial score (nSPS) is 10.4. The first-order chi connectivity index (χ1) is 8.83. The standard InChI is InChI=1S/C14H11N3O/c18-13(17-14-15-7-8-16-14)12-6-5-10-3-1-2-4-11(10)9-12/h1-9H,(H2,15,16,17,18). The number of nitrogens with one attached hydrogen (secondary N) is 2. The van der Waals surface area contributed by atoms with Crippen LogP contribution in [-0.4, -0.2) is 15.9 Å². The van der Waals surface area contributed by atoms with Gasteiger partial charge in [-0.15, -0.1) is 0 Å². The zero-order valence-electron chi connectivity index (χ0n) is 9.55. The van der Waals surface area contributed by atoms with Gasteiger partial charge in [-0.3, -0.25) is 10.1 Å². The highest BCUT2D eigenvalue weighted by Gasteiger charge is 2.07. The van der Waals surface area contributed by atoms with Crippen LogP contribution < -0.4 is 5.32 Å². The molecule has 0 unspecified atom stereocenters. The fourth-order valence-electron chi connectivity index (χ4n) is 1.84. The topological polar surface area (TPSA) is 57.8 Å². The highest BCUT2D eigenvalue weighted by Crippen LogP contribution is 2.16. The first-order valence-corrected chi connectivity index (χ1v) is 5.62. The third-order valence-electron chi connectivity index (χ3n) is 2.74. The second kappa shape index (κ2) is 4.33. The van der Waals surface area contributed by atoms with Crippen molar-refractivity contribution in [3.63, 3.8) is 0 Å². The van der Waals surface area contributed by atoms with Gasteiger partial charge in [-0.25, -0.2) is 4.98 Å². The Labute approximate surface area is 104 Å². The Morgan fingerprint density at radius 3 is 2.72 bits per heavy atom. The largest absolute Gasteiger partial charge is 0.331 e. The summed E-state index contributed by atoms with van der Waals surface area (Å²) < 4.78 is 0. The van der Waals surface area contributed by atoms with Gasteiger partial charge in [0.05, 0.1) is 0 Å². The van der Waals surface area contributed by atoms with Crippen molar-refractivity contribution in [1.29, 1.82) is 0 Å². The molecule has 1 aromatic heterocycles. The molecule has 4 nitrogen and oxygen atoms in total. The van der Waals surface area contributed by atoms with Crippen LogP contribution in [0.15, 0.2) is 54.9 Å². The summed E-state index contributed by atoms with van der Waals surface area (Å²) in [6.45, 7) is 0. The van der Waals surface area contributed by atoms with Crippen LogP contribution >= 0.6 is 0 Å². The molecule has 0 spiro atoms. The molecule has 0 saturated heterocycles. The molecule has 2 aromatic carbocycles. The molecule has 3 rings (SSSR count). The van der Waals surface area contributed by atoms with Gasteiger partial charge in [0.1, 0.15) is 0 Å². The summed E-state index contributed by atoms with van der Waals surface area (Å²) >= 11 is 0. The number of benzene rings is 2. The molecule has 0 bridgehead atoms. The van der Waals surface area contributed by atoms with E-state index in [0.717, 1.165) is 10.8 Å². The summed E-state index contributed by atoms with van der Waals surface area (Å²) in [5, 5.41) is 4.86. The van der Waals surface area contributed by atoms with E-state index in [4.69, 9.17) is 0 Å². The van der Waals surface area contributed by atoms with Crippen molar-refractivity contribution in [3.8, 4) is 0 Å². The van der Waals surface area contributed by atoms with Crippen LogP contribution in [-0.2, 0) is 0 Å². The molecule has 18 heavy (non-hydrogen) atoms. The minimum Gasteiger partial charge on any atom is -0.331 e. The van der Waals surface area contributed by atoms with E-state index in [1.54, 1.807) is 18.5 Å². The van der Waals surface area contributed by atoms with Gasteiger partial charge >= 0.3 is 0 Å². The number of rotatable bonds is 2. The molecular formula is C14H11N3O. The number of hydrogen-bond acceptors (Lipinski definition) is 2. The molecule has 88 valence electrons. The number of aromatic amines is 1. The summed E-state index contributed by atoms with van der Waals surface area (Å²) in [7, 11) is 0. The number of aromatic nitrogens is 2. The highest BCUT2D eigenvalue weighted by molar-refractivity contribution is 6.05. The lowest BCUT2D eigenvalue weighted by Crippen LogP contribution is -2.12. The van der Waals surface area contributed by atoms with E-state index in [1.165, 1.54) is 0 Å². The van der Waals surface area contributed by atoms with Gasteiger partial charge in [-0.1, -0.05) is 30.3 Å². The van der Waals surface area contributed by atoms with Crippen LogP contribution in [0.3, 0.4) is 0 Å². The smallest absolute Gasteiger partial charge is 0.257 e. The lowest BCUT2D eigenvalue weighted by molar-refractivity contribution is 0.102. The maximum atomic E-state index is 12.0. The molecule has 0 saturated carbocycles. The summed E-state index contributed by atoms with van der Waals surface area (Å²) in [5.74, 6) is 0.281. The Bertz CT molecular complexity index is 689. The lowest BCUT2D eigenvalue weighted by atomic mass is 10.1. The van der Waals surface area contributed by atoms with Crippen molar-refractivity contribution < 1.29 is 4.79 Å². The molecule has 4 heteroatoms. The first-order valence-electron chi connectivity index (χ1n) is 5.62. The van der Waals surface area contributed by atoms with Gasteiger partial charge in [0.15, 0.2) is 0 Å². The van der Waals surface area contributed by atoms with Crippen molar-refractivity contribution in [2.24, 2.45) is 0 Å². The number of nitrogens with zero attached hydrogens (tertiary/aromatic N) is 1. The third-order valence-corrected chi connectivity index (χ3v) is 2.74. The molecule has 1 heterocycles. The highest BCUT2D eigenvalue weighted by atomic mass is 16.1. The van der Waals surface area contributed by atoms with Crippen LogP contribution in [0, 0.1) is 0 Å². The molecule has 3 aromatic rings. The van der Waals surface area contributed by atoms with Crippen LogP contribution in [0.25, 0.3) is 10.8 Å². The summed E-state index contributed by atoms with van der Waals surface area (Å²) in [6.07, 6.45) is 3.26. The Kier molecular flexibility index (Phi) is 2.53. The molecular weight excluding hydrogens is 226 g/mol. The van der Waals surface area contributed by atoms with Crippen molar-refractivity contribution >= 4 is 22.6 Å². The first kappa shape index (κ1) is 10.5. The van der Waals surface area contributed by atoms with Gasteiger partial charge in [0.25, 0.3) is 5.91 Å². The van der Waals surface area contributed by atoms with Gasteiger partial charge in [0, 0.05) is 18.0 Å². The molecule has 0 radical (unpaired) electrons. The Balaban J connectivity index is 1.92. The predicted molar refractivity (Wildman–Crippen MR) is 70.5 cm³/mol. The Morgan fingerprint density at radius 1 is 1.11 bits per heavy atom. The van der Waals surface area contributed by atoms with Gasteiger partial charge in [0.2, 0.25) is 5.95 Å². The van der Waals surface area contributed by atoms with Crippen molar-refractivity contribution in [3.05, 3.63) is 60.4 Å². The third kappa shape index (κ3) is 1.96. The quantitative estimate of drug-likeness (QED) is 0.720. The monoisotopic (exact) mass is 237 g/mol. The number of fused-ring (bicyclic) bond motifs is 1. The van der Waals surface area contributed by atoms with Crippen LogP contribution in [0.4, 0.5) is 5.95 Å². The molecule has 0 aliphatic rings. The van der Waals surface area contributed by atoms with E-state index >= 15 is 0 Å². The Morgan fingerprint density at radius 2 is 1.94 bits per heavy atom. The number of carbonyl (C=O) groups excluding carboxylic acids is 1. The molecule has 0 aliphatic carbocycles. The zero-order chi connectivity index (χ0) is 12.4. The van der Waals surface area contributed by atoms with E-state index in [2.05, 4.69) is 15.3 Å². The van der Waals surface area contributed by atoms with Gasteiger partial charge in [-0.2, -0.15) is 0 Å².